The number of nitrogens with zero attached hydrogens (tertiary/aromatic N) is 3. The fourth-order valence-corrected chi connectivity index (χ4v) is 3.49. The van der Waals surface area contributed by atoms with Crippen LogP contribution in [0.1, 0.15) is 22.5 Å². The van der Waals surface area contributed by atoms with Gasteiger partial charge < -0.3 is 4.74 Å². The number of H-pyrrole nitrogens is 1. The van der Waals surface area contributed by atoms with Gasteiger partial charge in [0.05, 0.1) is 24.0 Å². The number of rotatable bonds is 5. The van der Waals surface area contributed by atoms with Gasteiger partial charge in [-0.2, -0.15) is 0 Å². The van der Waals surface area contributed by atoms with Crippen molar-refractivity contribution in [2.24, 2.45) is 0 Å². The zero-order chi connectivity index (χ0) is 21.3. The first-order valence-electron chi connectivity index (χ1n) is 9.36. The van der Waals surface area contributed by atoms with Crippen molar-refractivity contribution in [3.05, 3.63) is 80.4 Å². The maximum atomic E-state index is 12.7. The van der Waals surface area contributed by atoms with E-state index in [0.717, 1.165) is 27.9 Å². The molecule has 2 aromatic heterocycles. The predicted octanol–water partition coefficient (Wildman–Crippen LogP) is 4.33. The molecule has 0 radical (unpaired) electrons. The van der Waals surface area contributed by atoms with Crippen LogP contribution in [0.5, 0.6) is 5.75 Å². The number of benzene rings is 2. The lowest BCUT2D eigenvalue weighted by atomic mass is 10.1. The van der Waals surface area contributed by atoms with Gasteiger partial charge in [0.15, 0.2) is 0 Å². The van der Waals surface area contributed by atoms with E-state index < -0.39 is 0 Å². The Labute approximate surface area is 178 Å². The van der Waals surface area contributed by atoms with Crippen molar-refractivity contribution in [3.8, 4) is 5.75 Å². The fraction of sp³-hybridized carbons (Fsp3) is 0.182. The quantitative estimate of drug-likeness (QED) is 0.498. The minimum absolute atomic E-state index is 0.216. The Morgan fingerprint density at radius 2 is 1.90 bits per heavy atom. The zero-order valence-electron chi connectivity index (χ0n) is 16.8. The van der Waals surface area contributed by atoms with Gasteiger partial charge >= 0.3 is 0 Å². The lowest BCUT2D eigenvalue weighted by Crippen LogP contribution is -2.19. The molecule has 0 atom stereocenters. The van der Waals surface area contributed by atoms with Crippen LogP contribution in [0.15, 0.2) is 47.3 Å². The summed E-state index contributed by atoms with van der Waals surface area (Å²) in [6.07, 6.45) is 0.447. The van der Waals surface area contributed by atoms with Gasteiger partial charge in [0, 0.05) is 22.4 Å². The Hall–Kier alpha value is -3.45. The summed E-state index contributed by atoms with van der Waals surface area (Å²) in [6, 6.07) is 13.0. The van der Waals surface area contributed by atoms with Crippen LogP contribution in [0.2, 0.25) is 5.02 Å². The van der Waals surface area contributed by atoms with Crippen LogP contribution in [-0.2, 0) is 6.42 Å². The highest BCUT2D eigenvalue weighted by molar-refractivity contribution is 6.30. The van der Waals surface area contributed by atoms with Crippen molar-refractivity contribution in [1.82, 2.24) is 19.9 Å². The number of hydrogen-bond donors (Lipinski definition) is 2. The number of ether oxygens (including phenoxy) is 1. The lowest BCUT2D eigenvalue weighted by molar-refractivity contribution is 0.415. The summed E-state index contributed by atoms with van der Waals surface area (Å²) in [5, 5.41) is 4.54. The van der Waals surface area contributed by atoms with Gasteiger partial charge in [-0.1, -0.05) is 23.7 Å². The van der Waals surface area contributed by atoms with Crippen LogP contribution >= 0.6 is 11.6 Å². The maximum Gasteiger partial charge on any atom is 0.256 e. The summed E-state index contributed by atoms with van der Waals surface area (Å²) in [7, 11) is 1.62. The van der Waals surface area contributed by atoms with Crippen LogP contribution in [0.25, 0.3) is 10.9 Å². The minimum Gasteiger partial charge on any atom is -0.497 e. The second-order valence-corrected chi connectivity index (χ2v) is 7.36. The largest absolute Gasteiger partial charge is 0.497 e. The van der Waals surface area contributed by atoms with Gasteiger partial charge in [-0.3, -0.25) is 15.1 Å². The van der Waals surface area contributed by atoms with Gasteiger partial charge in [-0.15, -0.1) is 0 Å². The van der Waals surface area contributed by atoms with Crippen molar-refractivity contribution < 1.29 is 4.74 Å². The molecule has 0 saturated carbocycles. The summed E-state index contributed by atoms with van der Waals surface area (Å²) in [5.41, 5.74) is 3.50. The molecule has 0 aliphatic rings. The molecule has 0 aliphatic heterocycles. The van der Waals surface area contributed by atoms with Crippen molar-refractivity contribution in [3.63, 3.8) is 0 Å². The molecule has 0 bridgehead atoms. The lowest BCUT2D eigenvalue weighted by Gasteiger charge is -2.10. The third-order valence-corrected chi connectivity index (χ3v) is 5.05. The molecular formula is C22H20ClN5O2. The van der Waals surface area contributed by atoms with Crippen LogP contribution in [0.3, 0.4) is 0 Å². The average molecular weight is 422 g/mol. The normalized spacial score (nSPS) is 10.9. The van der Waals surface area contributed by atoms with Crippen molar-refractivity contribution in [1.29, 1.82) is 0 Å². The van der Waals surface area contributed by atoms with E-state index in [4.69, 9.17) is 16.3 Å². The molecule has 0 spiro atoms. The SMILES string of the molecule is COc1ccc2nc(Nc3nc(C)c(Cc4cccc(Cl)c4)c(=O)[nH]3)nc(C)c2c1. The van der Waals surface area contributed by atoms with Crippen LogP contribution in [0.4, 0.5) is 11.9 Å². The van der Waals surface area contributed by atoms with E-state index in [2.05, 4.69) is 25.3 Å². The first kappa shape index (κ1) is 19.8. The first-order valence-corrected chi connectivity index (χ1v) is 9.74. The third-order valence-electron chi connectivity index (χ3n) is 4.82. The number of hydrogen-bond acceptors (Lipinski definition) is 6. The highest BCUT2D eigenvalue weighted by atomic mass is 35.5. The topological polar surface area (TPSA) is 92.8 Å². The average Bonchev–Trinajstić information content (AvgIpc) is 2.71. The Balaban J connectivity index is 1.63. The van der Waals surface area contributed by atoms with Gasteiger partial charge in [0.1, 0.15) is 5.75 Å². The van der Waals surface area contributed by atoms with E-state index in [1.807, 2.05) is 43.3 Å². The van der Waals surface area contributed by atoms with E-state index in [1.165, 1.54) is 0 Å². The Morgan fingerprint density at radius 1 is 1.07 bits per heavy atom. The molecule has 2 N–H and O–H groups in total. The number of nitrogens with one attached hydrogen (secondary N) is 2. The Morgan fingerprint density at radius 3 is 2.63 bits per heavy atom. The molecule has 0 fully saturated rings. The molecule has 0 saturated heterocycles. The van der Waals surface area contributed by atoms with E-state index in [9.17, 15) is 4.79 Å². The zero-order valence-corrected chi connectivity index (χ0v) is 17.5. The highest BCUT2D eigenvalue weighted by Crippen LogP contribution is 2.23. The summed E-state index contributed by atoms with van der Waals surface area (Å²) < 4.78 is 5.26. The number of aryl methyl sites for hydroxylation is 2. The molecule has 0 unspecified atom stereocenters. The number of fused-ring (bicyclic) bond motifs is 1. The van der Waals surface area contributed by atoms with E-state index in [-0.39, 0.29) is 5.56 Å². The van der Waals surface area contributed by atoms with Gasteiger partial charge in [0.2, 0.25) is 11.9 Å². The van der Waals surface area contributed by atoms with Gasteiger partial charge in [0.25, 0.3) is 5.56 Å². The van der Waals surface area contributed by atoms with Crippen molar-refractivity contribution >= 4 is 34.4 Å². The van der Waals surface area contributed by atoms with E-state index >= 15 is 0 Å². The molecule has 4 aromatic rings. The summed E-state index contributed by atoms with van der Waals surface area (Å²) >= 11 is 6.04. The molecule has 0 aliphatic carbocycles. The van der Waals surface area contributed by atoms with Gasteiger partial charge in [-0.25, -0.2) is 15.0 Å². The third kappa shape index (κ3) is 4.11. The second kappa shape index (κ2) is 8.12. The van der Waals surface area contributed by atoms with Crippen LogP contribution in [0, 0.1) is 13.8 Å². The molecule has 30 heavy (non-hydrogen) atoms. The summed E-state index contributed by atoms with van der Waals surface area (Å²) in [4.78, 5) is 28.9. The van der Waals surface area contributed by atoms with Crippen LogP contribution < -0.4 is 15.6 Å². The van der Waals surface area contributed by atoms with Crippen molar-refractivity contribution in [2.75, 3.05) is 12.4 Å². The number of methoxy groups -OCH3 is 1. The van der Waals surface area contributed by atoms with Gasteiger partial charge in [-0.05, 0) is 49.7 Å². The molecule has 7 nitrogen and oxygen atoms in total. The molecule has 2 heterocycles. The van der Waals surface area contributed by atoms with Crippen molar-refractivity contribution in [2.45, 2.75) is 20.3 Å². The fourth-order valence-electron chi connectivity index (χ4n) is 3.28. The molecule has 152 valence electrons. The maximum absolute atomic E-state index is 12.7. The monoisotopic (exact) mass is 421 g/mol. The molecule has 2 aromatic carbocycles. The number of aromatic amines is 1. The molecule has 8 heteroatoms. The highest BCUT2D eigenvalue weighted by Gasteiger charge is 2.12. The smallest absolute Gasteiger partial charge is 0.256 e. The van der Waals surface area contributed by atoms with E-state index in [0.29, 0.717) is 34.6 Å². The Kier molecular flexibility index (Phi) is 5.37. The molecular weight excluding hydrogens is 402 g/mol. The Bertz CT molecular complexity index is 1300. The first-order chi connectivity index (χ1) is 14.4. The molecule has 0 amide bonds. The van der Waals surface area contributed by atoms with Crippen LogP contribution in [-0.4, -0.2) is 27.0 Å². The predicted molar refractivity (Wildman–Crippen MR) is 118 cm³/mol. The second-order valence-electron chi connectivity index (χ2n) is 6.93. The minimum atomic E-state index is -0.216. The standard InChI is InChI=1S/C22H20ClN5O2/c1-12-17-11-16(30-3)7-8-19(17)26-21(24-12)28-22-25-13(2)18(20(29)27-22)10-14-5-4-6-15(23)9-14/h4-9,11H,10H2,1-3H3,(H2,24,25,26,27,28,29). The van der Waals surface area contributed by atoms with E-state index in [1.54, 1.807) is 20.1 Å². The number of anilines is 2. The number of aromatic nitrogens is 4. The molecule has 4 rings (SSSR count). The summed E-state index contributed by atoms with van der Waals surface area (Å²) in [6.45, 7) is 3.70. The number of halogens is 1. The summed E-state index contributed by atoms with van der Waals surface area (Å²) in [5.74, 6) is 1.39.